The van der Waals surface area contributed by atoms with E-state index in [1.54, 1.807) is 6.92 Å². The lowest BCUT2D eigenvalue weighted by atomic mass is 10.2. The van der Waals surface area contributed by atoms with Gasteiger partial charge >= 0.3 is 0 Å². The Morgan fingerprint density at radius 1 is 1.27 bits per heavy atom. The van der Waals surface area contributed by atoms with Gasteiger partial charge in [-0.2, -0.15) is 0 Å². The highest BCUT2D eigenvalue weighted by Crippen LogP contribution is 2.35. The minimum atomic E-state index is -0.688. The molecule has 13 nitrogen and oxygen atoms in total. The minimum Gasteiger partial charge on any atom is -0.482 e. The number of benzene rings is 1. The van der Waals surface area contributed by atoms with Crippen molar-refractivity contribution in [3.8, 4) is 5.75 Å². The molecule has 14 heteroatoms. The number of carbonyl (C=O) groups excluding carboxylic acids is 3. The van der Waals surface area contributed by atoms with Gasteiger partial charge in [-0.05, 0) is 13.0 Å². The van der Waals surface area contributed by atoms with Crippen molar-refractivity contribution in [1.29, 1.82) is 0 Å². The highest BCUT2D eigenvalue weighted by molar-refractivity contribution is 7.17. The third kappa shape index (κ3) is 4.85. The van der Waals surface area contributed by atoms with E-state index in [0.717, 1.165) is 11.0 Å². The number of amides is 3. The lowest BCUT2D eigenvalue weighted by Gasteiger charge is -2.28. The number of nitro benzene ring substituents is 1. The van der Waals surface area contributed by atoms with Crippen molar-refractivity contribution in [1.82, 2.24) is 15.8 Å². The molecule has 0 bridgehead atoms. The van der Waals surface area contributed by atoms with Gasteiger partial charge in [-0.1, -0.05) is 11.3 Å². The topological polar surface area (TPSA) is 156 Å². The normalized spacial score (nSPS) is 15.5. The van der Waals surface area contributed by atoms with Crippen LogP contribution in [0.4, 0.5) is 16.5 Å². The molecule has 1 aromatic heterocycles. The number of aromatic nitrogens is 1. The van der Waals surface area contributed by atoms with Crippen LogP contribution in [-0.4, -0.2) is 67.1 Å². The van der Waals surface area contributed by atoms with E-state index in [2.05, 4.69) is 15.8 Å². The fraction of sp³-hybridized carbons (Fsp3) is 0.368. The molecular weight excluding hydrogens is 456 g/mol. The van der Waals surface area contributed by atoms with Crippen LogP contribution < -0.4 is 25.4 Å². The Bertz CT molecular complexity index is 1110. The van der Waals surface area contributed by atoms with Gasteiger partial charge in [0.15, 0.2) is 11.7 Å². The zero-order valence-electron chi connectivity index (χ0n) is 17.5. The molecule has 33 heavy (non-hydrogen) atoms. The molecule has 2 aliphatic heterocycles. The van der Waals surface area contributed by atoms with Crippen molar-refractivity contribution in [2.45, 2.75) is 6.92 Å². The van der Waals surface area contributed by atoms with Gasteiger partial charge in [-0.25, -0.2) is 4.98 Å². The van der Waals surface area contributed by atoms with Crippen molar-refractivity contribution in [3.63, 3.8) is 0 Å². The SMILES string of the molecule is Cc1nc(N2CCOCC2)sc1C(=O)NNC(=O)CN1C(=O)COc2ccc([N+](=O)[O-])cc21. The van der Waals surface area contributed by atoms with Crippen molar-refractivity contribution in [2.24, 2.45) is 0 Å². The number of hydrogen-bond donors (Lipinski definition) is 2. The summed E-state index contributed by atoms with van der Waals surface area (Å²) in [5.74, 6) is -1.53. The fourth-order valence-electron chi connectivity index (χ4n) is 3.33. The highest BCUT2D eigenvalue weighted by Gasteiger charge is 2.29. The summed E-state index contributed by atoms with van der Waals surface area (Å²) in [4.78, 5) is 55.6. The maximum atomic E-state index is 12.6. The molecule has 2 N–H and O–H groups in total. The van der Waals surface area contributed by atoms with Crippen molar-refractivity contribution < 1.29 is 28.8 Å². The van der Waals surface area contributed by atoms with Gasteiger partial charge in [-0.15, -0.1) is 0 Å². The summed E-state index contributed by atoms with van der Waals surface area (Å²) in [5, 5.41) is 11.8. The number of fused-ring (bicyclic) bond motifs is 1. The average molecular weight is 476 g/mol. The van der Waals surface area contributed by atoms with Crippen LogP contribution in [0.15, 0.2) is 18.2 Å². The summed E-state index contributed by atoms with van der Waals surface area (Å²) in [7, 11) is 0. The molecule has 3 amide bonds. The molecule has 0 unspecified atom stereocenters. The lowest BCUT2D eigenvalue weighted by molar-refractivity contribution is -0.384. The number of carbonyl (C=O) groups is 3. The Morgan fingerprint density at radius 2 is 2.03 bits per heavy atom. The predicted octanol–water partition coefficient (Wildman–Crippen LogP) is 0.383. The molecule has 174 valence electrons. The molecule has 0 radical (unpaired) electrons. The van der Waals surface area contributed by atoms with Crippen LogP contribution in [-0.2, 0) is 14.3 Å². The summed E-state index contributed by atoms with van der Waals surface area (Å²) < 4.78 is 10.6. The number of ether oxygens (including phenoxy) is 2. The van der Waals surface area contributed by atoms with Crippen molar-refractivity contribution in [3.05, 3.63) is 38.9 Å². The van der Waals surface area contributed by atoms with Crippen LogP contribution in [0.2, 0.25) is 0 Å². The van der Waals surface area contributed by atoms with Crippen molar-refractivity contribution >= 4 is 45.6 Å². The summed E-state index contributed by atoms with van der Waals surface area (Å²) >= 11 is 1.21. The van der Waals surface area contributed by atoms with Gasteiger partial charge in [-0.3, -0.25) is 40.2 Å². The number of thiazole rings is 1. The second-order valence-corrected chi connectivity index (χ2v) is 8.17. The van der Waals surface area contributed by atoms with Gasteiger partial charge in [0.2, 0.25) is 0 Å². The van der Waals surface area contributed by atoms with Crippen LogP contribution in [0.1, 0.15) is 15.4 Å². The van der Waals surface area contributed by atoms with E-state index in [-0.39, 0.29) is 23.7 Å². The van der Waals surface area contributed by atoms with Crippen LogP contribution >= 0.6 is 11.3 Å². The molecule has 0 spiro atoms. The van der Waals surface area contributed by atoms with E-state index in [1.165, 1.54) is 23.5 Å². The first kappa shape index (κ1) is 22.4. The van der Waals surface area contributed by atoms with Gasteiger partial charge in [0, 0.05) is 25.2 Å². The highest BCUT2D eigenvalue weighted by atomic mass is 32.1. The Morgan fingerprint density at radius 3 is 2.76 bits per heavy atom. The maximum Gasteiger partial charge on any atom is 0.281 e. The quantitative estimate of drug-likeness (QED) is 0.460. The monoisotopic (exact) mass is 476 g/mol. The second-order valence-electron chi connectivity index (χ2n) is 7.19. The molecule has 0 aliphatic carbocycles. The number of nitrogens with zero attached hydrogens (tertiary/aromatic N) is 4. The smallest absolute Gasteiger partial charge is 0.281 e. The number of morpholine rings is 1. The summed E-state index contributed by atoms with van der Waals surface area (Å²) in [6.07, 6.45) is 0. The number of anilines is 2. The zero-order valence-corrected chi connectivity index (χ0v) is 18.3. The van der Waals surface area contributed by atoms with E-state index in [4.69, 9.17) is 9.47 Å². The molecule has 2 aliphatic rings. The first-order valence-corrected chi connectivity index (χ1v) is 10.8. The Hall–Kier alpha value is -3.78. The average Bonchev–Trinajstić information content (AvgIpc) is 3.21. The minimum absolute atomic E-state index is 0.107. The lowest BCUT2D eigenvalue weighted by Crippen LogP contribution is -2.49. The van der Waals surface area contributed by atoms with E-state index >= 15 is 0 Å². The zero-order chi connectivity index (χ0) is 23.5. The number of nitrogens with one attached hydrogen (secondary N) is 2. The molecule has 1 fully saturated rings. The van der Waals surface area contributed by atoms with E-state index in [0.29, 0.717) is 42.0 Å². The summed E-state index contributed by atoms with van der Waals surface area (Å²) in [6.45, 7) is 3.46. The largest absolute Gasteiger partial charge is 0.482 e. The number of hydrogen-bond acceptors (Lipinski definition) is 10. The third-order valence-corrected chi connectivity index (χ3v) is 6.20. The Kier molecular flexibility index (Phi) is 6.37. The molecule has 1 saturated heterocycles. The van der Waals surface area contributed by atoms with Gasteiger partial charge in [0.25, 0.3) is 23.4 Å². The van der Waals surface area contributed by atoms with Crippen LogP contribution in [0.5, 0.6) is 5.75 Å². The van der Waals surface area contributed by atoms with Crippen LogP contribution in [0.25, 0.3) is 0 Å². The summed E-state index contributed by atoms with van der Waals surface area (Å²) in [6, 6.07) is 3.77. The van der Waals surface area contributed by atoms with E-state index in [1.807, 2.05) is 4.90 Å². The standard InChI is InChI=1S/C19H20N6O7S/c1-11-17(33-19(20-11)23-4-6-31-7-5-23)18(28)22-21-15(26)9-24-13-8-12(25(29)30)2-3-14(13)32-10-16(24)27/h2-3,8H,4-7,9-10H2,1H3,(H,21,26)(H,22,28). The molecule has 2 aromatic rings. The van der Waals surface area contributed by atoms with E-state index < -0.39 is 29.2 Å². The Balaban J connectivity index is 1.39. The predicted molar refractivity (Wildman–Crippen MR) is 116 cm³/mol. The summed E-state index contributed by atoms with van der Waals surface area (Å²) in [5.41, 5.74) is 4.98. The fourth-order valence-corrected chi connectivity index (χ4v) is 4.34. The molecule has 1 aromatic carbocycles. The van der Waals surface area contributed by atoms with Crippen molar-refractivity contribution in [2.75, 3.05) is 49.3 Å². The molecule has 0 atom stereocenters. The van der Waals surface area contributed by atoms with Gasteiger partial charge < -0.3 is 14.4 Å². The maximum absolute atomic E-state index is 12.6. The molecular formula is C19H20N6O7S. The third-order valence-electron chi connectivity index (χ3n) is 4.99. The first-order valence-electron chi connectivity index (χ1n) is 9.94. The first-order chi connectivity index (χ1) is 15.8. The number of aryl methyl sites for hydroxylation is 1. The molecule has 0 saturated carbocycles. The second kappa shape index (κ2) is 9.38. The molecule has 3 heterocycles. The van der Waals surface area contributed by atoms with Gasteiger partial charge in [0.05, 0.1) is 29.5 Å². The van der Waals surface area contributed by atoms with Crippen LogP contribution in [0.3, 0.4) is 0 Å². The van der Waals surface area contributed by atoms with Crippen LogP contribution in [0, 0.1) is 17.0 Å². The number of nitro groups is 1. The Labute approximate surface area is 191 Å². The molecule has 4 rings (SSSR count). The number of non-ortho nitro benzene ring substituents is 1. The van der Waals surface area contributed by atoms with Gasteiger partial charge in [0.1, 0.15) is 17.2 Å². The number of rotatable bonds is 5. The van der Waals surface area contributed by atoms with E-state index in [9.17, 15) is 24.5 Å². The number of hydrazine groups is 1.